The number of thioether (sulfide) groups is 2. The van der Waals surface area contributed by atoms with Crippen LogP contribution < -0.4 is 29.6 Å². The maximum Gasteiger partial charge on any atom is 0.286 e. The molecule has 12 heteroatoms. The topological polar surface area (TPSA) is 129 Å². The van der Waals surface area contributed by atoms with Gasteiger partial charge in [-0.3, -0.25) is 29.8 Å². The lowest BCUT2D eigenvalue weighted by atomic mass is 10.1. The molecule has 4 amide bonds. The number of rotatable bonds is 20. The zero-order valence-electron chi connectivity index (χ0n) is 26.7. The number of hydrogen-bond donors (Lipinski definition) is 2. The Balaban J connectivity index is 0.883. The zero-order valence-corrected chi connectivity index (χ0v) is 28.3. The molecule has 2 unspecified atom stereocenters. The number of benzene rings is 3. The van der Waals surface area contributed by atoms with Crippen LogP contribution in [0.15, 0.2) is 72.8 Å². The molecular formula is C36H40N2O8S2. The van der Waals surface area contributed by atoms with E-state index in [-0.39, 0.29) is 32.8 Å². The SMILES string of the molecule is O=C1NC(=O)C(Cc2ccc(OCCCCCOc3ccccc3OCCCCCOc3ccc(CC4SC(=O)NC4=O)cc3)cc2)S1. The molecule has 2 aliphatic rings. The predicted octanol–water partition coefficient (Wildman–Crippen LogP) is 6.73. The van der Waals surface area contributed by atoms with Crippen molar-refractivity contribution in [2.24, 2.45) is 0 Å². The van der Waals surface area contributed by atoms with Crippen LogP contribution in [-0.4, -0.2) is 59.2 Å². The van der Waals surface area contributed by atoms with Crippen LogP contribution in [0.5, 0.6) is 23.0 Å². The van der Waals surface area contributed by atoms with Gasteiger partial charge in [0.1, 0.15) is 11.5 Å². The van der Waals surface area contributed by atoms with Crippen molar-refractivity contribution in [2.45, 2.75) is 61.9 Å². The Bertz CT molecular complexity index is 1420. The lowest BCUT2D eigenvalue weighted by molar-refractivity contribution is -0.119. The van der Waals surface area contributed by atoms with Gasteiger partial charge in [0.25, 0.3) is 10.5 Å². The first kappa shape index (κ1) is 35.2. The highest BCUT2D eigenvalue weighted by molar-refractivity contribution is 8.15. The van der Waals surface area contributed by atoms with Gasteiger partial charge in [0.2, 0.25) is 11.8 Å². The largest absolute Gasteiger partial charge is 0.494 e. The third-order valence-corrected chi connectivity index (χ3v) is 9.66. The minimum Gasteiger partial charge on any atom is -0.494 e. The van der Waals surface area contributed by atoms with E-state index in [1.54, 1.807) is 0 Å². The Labute approximate surface area is 289 Å². The molecule has 2 atom stereocenters. The van der Waals surface area contributed by atoms with E-state index < -0.39 is 0 Å². The molecule has 5 rings (SSSR count). The van der Waals surface area contributed by atoms with E-state index in [0.717, 1.165) is 96.2 Å². The van der Waals surface area contributed by atoms with Crippen LogP contribution in [0, 0.1) is 0 Å². The second-order valence-corrected chi connectivity index (χ2v) is 13.8. The Morgan fingerprint density at radius 1 is 0.479 bits per heavy atom. The van der Waals surface area contributed by atoms with E-state index in [1.165, 1.54) is 0 Å². The maximum absolute atomic E-state index is 11.8. The van der Waals surface area contributed by atoms with Crippen LogP contribution in [-0.2, 0) is 22.4 Å². The van der Waals surface area contributed by atoms with E-state index in [9.17, 15) is 19.2 Å². The highest BCUT2D eigenvalue weighted by atomic mass is 32.2. The molecule has 0 aromatic heterocycles. The second-order valence-electron chi connectivity index (χ2n) is 11.4. The summed E-state index contributed by atoms with van der Waals surface area (Å²) in [6.07, 6.45) is 6.58. The summed E-state index contributed by atoms with van der Waals surface area (Å²) in [5.74, 6) is 2.61. The van der Waals surface area contributed by atoms with Gasteiger partial charge in [-0.25, -0.2) is 0 Å². The van der Waals surface area contributed by atoms with Gasteiger partial charge >= 0.3 is 0 Å². The number of carbonyl (C=O) groups excluding carboxylic acids is 4. The van der Waals surface area contributed by atoms with Crippen molar-refractivity contribution in [3.8, 4) is 23.0 Å². The molecule has 0 radical (unpaired) electrons. The molecule has 254 valence electrons. The highest BCUT2D eigenvalue weighted by Gasteiger charge is 2.32. The van der Waals surface area contributed by atoms with Crippen molar-refractivity contribution in [1.82, 2.24) is 10.6 Å². The first-order valence-corrected chi connectivity index (χ1v) is 18.0. The van der Waals surface area contributed by atoms with Gasteiger partial charge in [-0.05, 0) is 98.9 Å². The Morgan fingerprint density at radius 2 is 0.854 bits per heavy atom. The number of ether oxygens (including phenoxy) is 4. The van der Waals surface area contributed by atoms with E-state index >= 15 is 0 Å². The van der Waals surface area contributed by atoms with Crippen LogP contribution in [0.1, 0.15) is 49.7 Å². The second kappa shape index (κ2) is 18.4. The van der Waals surface area contributed by atoms with Gasteiger partial charge < -0.3 is 18.9 Å². The summed E-state index contributed by atoms with van der Waals surface area (Å²) in [7, 11) is 0. The van der Waals surface area contributed by atoms with Crippen molar-refractivity contribution >= 4 is 45.8 Å². The molecule has 3 aromatic rings. The molecule has 0 saturated carbocycles. The third kappa shape index (κ3) is 11.2. The van der Waals surface area contributed by atoms with Crippen molar-refractivity contribution in [1.29, 1.82) is 0 Å². The Morgan fingerprint density at radius 3 is 1.21 bits per heavy atom. The summed E-state index contributed by atoms with van der Waals surface area (Å²) in [6, 6.07) is 23.1. The summed E-state index contributed by atoms with van der Waals surface area (Å²) in [6.45, 7) is 2.40. The van der Waals surface area contributed by atoms with Crippen LogP contribution in [0.3, 0.4) is 0 Å². The van der Waals surface area contributed by atoms with Gasteiger partial charge in [-0.15, -0.1) is 0 Å². The van der Waals surface area contributed by atoms with E-state index in [4.69, 9.17) is 18.9 Å². The number of imide groups is 2. The number of nitrogens with one attached hydrogen (secondary N) is 2. The predicted molar refractivity (Wildman–Crippen MR) is 186 cm³/mol. The molecule has 0 spiro atoms. The number of hydrogen-bond acceptors (Lipinski definition) is 10. The molecule has 2 saturated heterocycles. The highest BCUT2D eigenvalue weighted by Crippen LogP contribution is 2.28. The summed E-state index contributed by atoms with van der Waals surface area (Å²) in [5, 5.41) is 3.34. The maximum atomic E-state index is 11.8. The summed E-state index contributed by atoms with van der Waals surface area (Å²) in [4.78, 5) is 46.2. The standard InChI is InChI=1S/C36H40N2O8S2/c39-33-31(47-35(41)37-33)23-25-11-15-27(16-12-25)43-19-5-1-7-21-45-29-9-3-4-10-30(29)46-22-8-2-6-20-44-28-17-13-26(14-18-28)24-32-34(40)38-36(42)48-32/h3-4,9-18,31-32H,1-2,5-8,19-24H2,(H,37,39,41)(H,38,40,42). The summed E-state index contributed by atoms with van der Waals surface area (Å²) < 4.78 is 23.7. The lowest BCUT2D eigenvalue weighted by Gasteiger charge is -2.13. The van der Waals surface area contributed by atoms with Gasteiger partial charge in [-0.2, -0.15) is 0 Å². The average Bonchev–Trinajstić information content (AvgIpc) is 3.58. The fourth-order valence-corrected chi connectivity index (χ4v) is 6.84. The molecule has 3 aromatic carbocycles. The first-order valence-electron chi connectivity index (χ1n) is 16.2. The van der Waals surface area contributed by atoms with Gasteiger partial charge in [0.15, 0.2) is 11.5 Å². The van der Waals surface area contributed by atoms with Crippen molar-refractivity contribution < 1.29 is 38.1 Å². The lowest BCUT2D eigenvalue weighted by Crippen LogP contribution is -2.25. The molecule has 10 nitrogen and oxygen atoms in total. The molecule has 48 heavy (non-hydrogen) atoms. The van der Waals surface area contributed by atoms with Crippen molar-refractivity contribution in [2.75, 3.05) is 26.4 Å². The number of carbonyl (C=O) groups is 4. The van der Waals surface area contributed by atoms with Crippen LogP contribution in [0.25, 0.3) is 0 Å². The quantitative estimate of drug-likeness (QED) is 0.123. The molecule has 2 aliphatic heterocycles. The minimum atomic E-state index is -0.366. The normalized spacial score (nSPS) is 17.2. The van der Waals surface area contributed by atoms with Crippen LogP contribution in [0.4, 0.5) is 9.59 Å². The molecular weight excluding hydrogens is 653 g/mol. The average molecular weight is 693 g/mol. The minimum absolute atomic E-state index is 0.227. The van der Waals surface area contributed by atoms with Gasteiger partial charge in [-0.1, -0.05) is 59.9 Å². The molecule has 2 N–H and O–H groups in total. The summed E-state index contributed by atoms with van der Waals surface area (Å²) >= 11 is 2.08. The van der Waals surface area contributed by atoms with E-state index in [0.29, 0.717) is 39.3 Å². The van der Waals surface area contributed by atoms with Crippen LogP contribution in [0.2, 0.25) is 0 Å². The van der Waals surface area contributed by atoms with Gasteiger partial charge in [0, 0.05) is 0 Å². The first-order chi connectivity index (χ1) is 23.4. The molecule has 0 aliphatic carbocycles. The Kier molecular flexibility index (Phi) is 13.5. The van der Waals surface area contributed by atoms with Crippen molar-refractivity contribution in [3.05, 3.63) is 83.9 Å². The van der Waals surface area contributed by atoms with Crippen LogP contribution >= 0.6 is 23.5 Å². The molecule has 0 bridgehead atoms. The third-order valence-electron chi connectivity index (χ3n) is 7.70. The smallest absolute Gasteiger partial charge is 0.286 e. The fourth-order valence-electron chi connectivity index (χ4n) is 5.12. The van der Waals surface area contributed by atoms with E-state index in [1.807, 2.05) is 72.8 Å². The molecule has 2 heterocycles. The zero-order chi connectivity index (χ0) is 33.6. The monoisotopic (exact) mass is 692 g/mol. The van der Waals surface area contributed by atoms with E-state index in [2.05, 4.69) is 10.6 Å². The molecule has 2 fully saturated rings. The Hall–Kier alpha value is -4.16. The number of amides is 4. The number of para-hydroxylation sites is 2. The van der Waals surface area contributed by atoms with Gasteiger partial charge in [0.05, 0.1) is 36.9 Å². The van der Waals surface area contributed by atoms with Crippen molar-refractivity contribution in [3.63, 3.8) is 0 Å². The number of unbranched alkanes of at least 4 members (excludes halogenated alkanes) is 4. The summed E-state index contributed by atoms with van der Waals surface area (Å²) in [5.41, 5.74) is 1.98. The fraction of sp³-hybridized carbons (Fsp3) is 0.389.